The molecule has 0 radical (unpaired) electrons. The fraction of sp³-hybridized carbons (Fsp3) is 0. The van der Waals surface area contributed by atoms with Gasteiger partial charge in [-0.1, -0.05) is 0 Å². The first-order valence-corrected chi connectivity index (χ1v) is 5.05. The number of aromatic nitrogens is 1. The zero-order chi connectivity index (χ0) is 14.0. The number of carbonyl (C=O) groups is 1. The molecule has 0 spiro atoms. The lowest BCUT2D eigenvalue weighted by atomic mass is 10.2. The molecule has 3 nitrogen and oxygen atoms in total. The Bertz CT molecular complexity index is 628. The molecule has 0 aliphatic rings. The van der Waals surface area contributed by atoms with Gasteiger partial charge in [-0.3, -0.25) is 4.79 Å². The van der Waals surface area contributed by atoms with Crippen LogP contribution in [-0.4, -0.2) is 10.9 Å². The van der Waals surface area contributed by atoms with Crippen molar-refractivity contribution in [1.82, 2.24) is 4.98 Å². The van der Waals surface area contributed by atoms with Crippen LogP contribution in [0, 0.1) is 23.4 Å². The third-order valence-corrected chi connectivity index (χ3v) is 2.27. The second-order valence-electron chi connectivity index (χ2n) is 3.55. The topological polar surface area (TPSA) is 42.0 Å². The van der Waals surface area contributed by atoms with Crippen LogP contribution in [-0.2, 0) is 0 Å². The highest BCUT2D eigenvalue weighted by molar-refractivity contribution is 6.04. The average molecular weight is 270 g/mol. The molecule has 7 heteroatoms. The van der Waals surface area contributed by atoms with Crippen LogP contribution in [0.1, 0.15) is 10.4 Å². The van der Waals surface area contributed by atoms with Crippen molar-refractivity contribution in [3.63, 3.8) is 0 Å². The van der Waals surface area contributed by atoms with E-state index in [0.29, 0.717) is 6.07 Å². The number of rotatable bonds is 2. The molecule has 0 bridgehead atoms. The second kappa shape index (κ2) is 5.05. The van der Waals surface area contributed by atoms with Crippen molar-refractivity contribution in [1.29, 1.82) is 0 Å². The second-order valence-corrected chi connectivity index (χ2v) is 3.55. The maximum Gasteiger partial charge on any atom is 0.257 e. The number of pyridine rings is 1. The molecule has 0 saturated heterocycles. The van der Waals surface area contributed by atoms with Crippen molar-refractivity contribution in [3.05, 3.63) is 59.4 Å². The SMILES string of the molecule is O=C(Nc1ccc(F)c(F)c1F)c1ccc(F)nc1. The number of nitrogens with zero attached hydrogens (tertiary/aromatic N) is 1. The van der Waals surface area contributed by atoms with Gasteiger partial charge in [-0.2, -0.15) is 4.39 Å². The number of halogens is 4. The minimum Gasteiger partial charge on any atom is -0.319 e. The standard InChI is InChI=1S/C12H6F4N2O/c13-7-2-3-8(11(16)10(7)15)18-12(19)6-1-4-9(14)17-5-6/h1-5H,(H,18,19). The van der Waals surface area contributed by atoms with Gasteiger partial charge in [0.1, 0.15) is 0 Å². The minimum absolute atomic E-state index is 0.0504. The van der Waals surface area contributed by atoms with Crippen molar-refractivity contribution in [2.75, 3.05) is 5.32 Å². The third-order valence-electron chi connectivity index (χ3n) is 2.27. The lowest BCUT2D eigenvalue weighted by Gasteiger charge is -2.07. The number of amides is 1. The molecule has 98 valence electrons. The van der Waals surface area contributed by atoms with Crippen LogP contribution in [0.2, 0.25) is 0 Å². The Hall–Kier alpha value is -2.44. The molecule has 1 heterocycles. The summed E-state index contributed by atoms with van der Waals surface area (Å²) in [7, 11) is 0. The van der Waals surface area contributed by atoms with Crippen molar-refractivity contribution in [2.45, 2.75) is 0 Å². The van der Waals surface area contributed by atoms with E-state index in [1.807, 2.05) is 5.32 Å². The normalized spacial score (nSPS) is 10.3. The molecule has 1 aromatic carbocycles. The van der Waals surface area contributed by atoms with Crippen molar-refractivity contribution in [3.8, 4) is 0 Å². The molecule has 0 aliphatic carbocycles. The summed E-state index contributed by atoms with van der Waals surface area (Å²) in [6, 6.07) is 3.62. The largest absolute Gasteiger partial charge is 0.319 e. The van der Waals surface area contributed by atoms with Crippen molar-refractivity contribution >= 4 is 11.6 Å². The Morgan fingerprint density at radius 1 is 1.00 bits per heavy atom. The highest BCUT2D eigenvalue weighted by atomic mass is 19.2. The van der Waals surface area contributed by atoms with E-state index in [0.717, 1.165) is 24.4 Å². The molecule has 0 fully saturated rings. The Balaban J connectivity index is 2.24. The van der Waals surface area contributed by atoms with Gasteiger partial charge in [0, 0.05) is 6.20 Å². The van der Waals surface area contributed by atoms with E-state index in [1.165, 1.54) is 0 Å². The molecule has 0 unspecified atom stereocenters. The first kappa shape index (κ1) is 13.0. The van der Waals surface area contributed by atoms with E-state index in [2.05, 4.69) is 4.98 Å². The predicted octanol–water partition coefficient (Wildman–Crippen LogP) is 2.89. The van der Waals surface area contributed by atoms with E-state index in [4.69, 9.17) is 0 Å². The highest BCUT2D eigenvalue weighted by Crippen LogP contribution is 2.20. The first-order valence-electron chi connectivity index (χ1n) is 5.05. The summed E-state index contributed by atoms with van der Waals surface area (Å²) in [5.74, 6) is -6.16. The summed E-state index contributed by atoms with van der Waals surface area (Å²) in [6.07, 6.45) is 0.933. The summed E-state index contributed by atoms with van der Waals surface area (Å²) < 4.78 is 51.5. The van der Waals surface area contributed by atoms with Crippen molar-refractivity contribution in [2.24, 2.45) is 0 Å². The van der Waals surface area contributed by atoms with Crippen LogP contribution in [0.5, 0.6) is 0 Å². The number of nitrogens with one attached hydrogen (secondary N) is 1. The van der Waals surface area contributed by atoms with Gasteiger partial charge in [0.15, 0.2) is 17.5 Å². The van der Waals surface area contributed by atoms with Gasteiger partial charge < -0.3 is 5.32 Å². The van der Waals surface area contributed by atoms with Crippen LogP contribution < -0.4 is 5.32 Å². The monoisotopic (exact) mass is 270 g/mol. The predicted molar refractivity (Wildman–Crippen MR) is 58.5 cm³/mol. The van der Waals surface area contributed by atoms with E-state index >= 15 is 0 Å². The van der Waals surface area contributed by atoms with Crippen LogP contribution >= 0.6 is 0 Å². The number of carbonyl (C=O) groups excluding carboxylic acids is 1. The zero-order valence-corrected chi connectivity index (χ0v) is 9.25. The lowest BCUT2D eigenvalue weighted by molar-refractivity contribution is 0.102. The number of hydrogen-bond acceptors (Lipinski definition) is 2. The van der Waals surface area contributed by atoms with Crippen LogP contribution in [0.15, 0.2) is 30.5 Å². The Morgan fingerprint density at radius 2 is 1.74 bits per heavy atom. The fourth-order valence-electron chi connectivity index (χ4n) is 1.33. The van der Waals surface area contributed by atoms with Gasteiger partial charge in [0.25, 0.3) is 5.91 Å². The summed E-state index contributed by atoms with van der Waals surface area (Å²) in [6.45, 7) is 0. The molecule has 2 rings (SSSR count). The van der Waals surface area contributed by atoms with E-state index in [1.54, 1.807) is 0 Å². The summed E-state index contributed by atoms with van der Waals surface area (Å²) in [5, 5.41) is 2.03. The van der Waals surface area contributed by atoms with E-state index < -0.39 is 35.0 Å². The molecular weight excluding hydrogens is 264 g/mol. The number of hydrogen-bond donors (Lipinski definition) is 1. The third kappa shape index (κ3) is 2.70. The number of anilines is 1. The average Bonchev–Trinajstić information content (AvgIpc) is 2.40. The van der Waals surface area contributed by atoms with Gasteiger partial charge in [0.05, 0.1) is 11.3 Å². The zero-order valence-electron chi connectivity index (χ0n) is 9.25. The van der Waals surface area contributed by atoms with Crippen molar-refractivity contribution < 1.29 is 22.4 Å². The van der Waals surface area contributed by atoms with Gasteiger partial charge >= 0.3 is 0 Å². The lowest BCUT2D eigenvalue weighted by Crippen LogP contribution is -2.14. The van der Waals surface area contributed by atoms with Crippen LogP contribution in [0.25, 0.3) is 0 Å². The molecule has 0 aliphatic heterocycles. The first-order chi connectivity index (χ1) is 8.99. The molecular formula is C12H6F4N2O. The smallest absolute Gasteiger partial charge is 0.257 e. The molecule has 1 N–H and O–H groups in total. The molecule has 2 aromatic rings. The van der Waals surface area contributed by atoms with Crippen LogP contribution in [0.4, 0.5) is 23.2 Å². The maximum atomic E-state index is 13.3. The van der Waals surface area contributed by atoms with Gasteiger partial charge in [-0.15, -0.1) is 0 Å². The molecule has 19 heavy (non-hydrogen) atoms. The van der Waals surface area contributed by atoms with Gasteiger partial charge in [-0.05, 0) is 24.3 Å². The molecule has 1 amide bonds. The highest BCUT2D eigenvalue weighted by Gasteiger charge is 2.16. The Labute approximate surface area is 104 Å². The maximum absolute atomic E-state index is 13.3. The minimum atomic E-state index is -1.69. The van der Waals surface area contributed by atoms with E-state index in [-0.39, 0.29) is 5.56 Å². The van der Waals surface area contributed by atoms with Crippen LogP contribution in [0.3, 0.4) is 0 Å². The van der Waals surface area contributed by atoms with E-state index in [9.17, 15) is 22.4 Å². The molecule has 0 atom stereocenters. The molecule has 0 saturated carbocycles. The summed E-state index contributed by atoms with van der Waals surface area (Å²) >= 11 is 0. The fourth-order valence-corrected chi connectivity index (χ4v) is 1.33. The Morgan fingerprint density at radius 3 is 2.37 bits per heavy atom. The summed E-state index contributed by atoms with van der Waals surface area (Å²) in [4.78, 5) is 14.9. The summed E-state index contributed by atoms with van der Waals surface area (Å²) in [5.41, 5.74) is -0.571. The van der Waals surface area contributed by atoms with Gasteiger partial charge in [0.2, 0.25) is 5.95 Å². The molecule has 1 aromatic heterocycles. The van der Waals surface area contributed by atoms with Gasteiger partial charge in [-0.25, -0.2) is 18.2 Å². The number of benzene rings is 1. The Kier molecular flexibility index (Phi) is 3.46. The quantitative estimate of drug-likeness (QED) is 0.518.